The van der Waals surface area contributed by atoms with Crippen molar-refractivity contribution in [1.29, 1.82) is 0 Å². The summed E-state index contributed by atoms with van der Waals surface area (Å²) in [5.74, 6) is 0.0362. The van der Waals surface area contributed by atoms with Crippen LogP contribution >= 0.6 is 0 Å². The number of nitrogens with zero attached hydrogens (tertiary/aromatic N) is 2. The van der Waals surface area contributed by atoms with Gasteiger partial charge in [-0.1, -0.05) is 68.3 Å². The van der Waals surface area contributed by atoms with Crippen LogP contribution in [-0.2, 0) is 26.2 Å². The molecule has 10 heteroatoms. The van der Waals surface area contributed by atoms with Crippen LogP contribution in [0.2, 0.25) is 0 Å². The second-order valence-corrected chi connectivity index (χ2v) is 12.8. The highest BCUT2D eigenvalue weighted by atomic mass is 32.2. The van der Waals surface area contributed by atoms with Crippen molar-refractivity contribution in [2.75, 3.05) is 31.6 Å². The number of rotatable bonds is 14. The van der Waals surface area contributed by atoms with Crippen LogP contribution < -0.4 is 19.1 Å². The minimum absolute atomic E-state index is 0.0163. The van der Waals surface area contributed by atoms with Gasteiger partial charge in [-0.3, -0.25) is 13.9 Å². The van der Waals surface area contributed by atoms with Crippen LogP contribution in [0, 0.1) is 19.8 Å². The summed E-state index contributed by atoms with van der Waals surface area (Å²) in [6.07, 6.45) is 0.342. The molecule has 0 saturated heterocycles. The third kappa shape index (κ3) is 8.50. The number of anilines is 1. The Morgan fingerprint density at radius 1 is 0.884 bits per heavy atom. The Hall–Kier alpha value is -4.05. The molecule has 1 N–H and O–H groups in total. The lowest BCUT2D eigenvalue weighted by molar-refractivity contribution is -0.140. The fourth-order valence-corrected chi connectivity index (χ4v) is 5.99. The van der Waals surface area contributed by atoms with Crippen LogP contribution in [-0.4, -0.2) is 58.5 Å². The van der Waals surface area contributed by atoms with Crippen molar-refractivity contribution in [2.24, 2.45) is 5.92 Å². The molecule has 0 heterocycles. The number of benzene rings is 3. The zero-order valence-corrected chi connectivity index (χ0v) is 26.9. The summed E-state index contributed by atoms with van der Waals surface area (Å²) in [7, 11) is -1.36. The smallest absolute Gasteiger partial charge is 0.264 e. The largest absolute Gasteiger partial charge is 0.497 e. The summed E-state index contributed by atoms with van der Waals surface area (Å²) < 4.78 is 40.3. The predicted molar refractivity (Wildman–Crippen MR) is 169 cm³/mol. The van der Waals surface area contributed by atoms with Gasteiger partial charge >= 0.3 is 0 Å². The number of methoxy groups -OCH3 is 2. The molecule has 0 bridgehead atoms. The van der Waals surface area contributed by atoms with Gasteiger partial charge in [-0.15, -0.1) is 0 Å². The maximum Gasteiger partial charge on any atom is 0.264 e. The predicted octanol–water partition coefficient (Wildman–Crippen LogP) is 5.10. The molecule has 3 aromatic carbocycles. The Morgan fingerprint density at radius 3 is 2.02 bits per heavy atom. The quantitative estimate of drug-likeness (QED) is 0.273. The lowest BCUT2D eigenvalue weighted by Crippen LogP contribution is -2.52. The van der Waals surface area contributed by atoms with E-state index in [-0.39, 0.29) is 34.7 Å². The van der Waals surface area contributed by atoms with Gasteiger partial charge in [0.05, 0.1) is 24.8 Å². The van der Waals surface area contributed by atoms with Gasteiger partial charge in [0.25, 0.3) is 10.0 Å². The average molecular weight is 610 g/mol. The Bertz CT molecular complexity index is 1490. The first-order valence-corrected chi connectivity index (χ1v) is 15.8. The third-order valence-corrected chi connectivity index (χ3v) is 8.86. The molecular formula is C33H43N3O6S. The van der Waals surface area contributed by atoms with E-state index in [1.54, 1.807) is 24.3 Å². The standard InChI is InChI=1S/C33H43N3O6S/c1-8-29(33(38)34-20-23(2)3)35(21-26-13-9-24(4)10-14-26)32(37)22-36(30-19-27(41-6)15-18-31(30)42-7)43(39,40)28-16-11-25(5)12-17-28/h9-19,23,29H,8,20-22H2,1-7H3,(H,34,38). The molecule has 0 fully saturated rings. The normalized spacial score (nSPS) is 12.0. The summed E-state index contributed by atoms with van der Waals surface area (Å²) >= 11 is 0. The first-order valence-electron chi connectivity index (χ1n) is 14.3. The van der Waals surface area contributed by atoms with E-state index in [2.05, 4.69) is 5.32 Å². The number of ether oxygens (including phenoxy) is 2. The van der Waals surface area contributed by atoms with E-state index in [0.29, 0.717) is 18.7 Å². The molecule has 0 spiro atoms. The molecule has 232 valence electrons. The summed E-state index contributed by atoms with van der Waals surface area (Å²) in [6.45, 7) is 9.66. The molecule has 0 aliphatic rings. The first kappa shape index (κ1) is 33.5. The van der Waals surface area contributed by atoms with E-state index >= 15 is 0 Å². The van der Waals surface area contributed by atoms with Crippen LogP contribution in [0.4, 0.5) is 5.69 Å². The molecular weight excluding hydrogens is 566 g/mol. The van der Waals surface area contributed by atoms with Gasteiger partial charge in [0.1, 0.15) is 24.1 Å². The molecule has 0 aromatic heterocycles. The molecule has 0 aliphatic heterocycles. The number of nitrogens with one attached hydrogen (secondary N) is 1. The number of hydrogen-bond acceptors (Lipinski definition) is 6. The van der Waals surface area contributed by atoms with E-state index in [9.17, 15) is 18.0 Å². The summed E-state index contributed by atoms with van der Waals surface area (Å²) in [6, 6.07) is 18.0. The fourth-order valence-electron chi connectivity index (χ4n) is 4.57. The zero-order valence-electron chi connectivity index (χ0n) is 26.1. The highest BCUT2D eigenvalue weighted by molar-refractivity contribution is 7.92. The Labute approximate surface area is 255 Å². The minimum Gasteiger partial charge on any atom is -0.497 e. The van der Waals surface area contributed by atoms with Crippen molar-refractivity contribution in [2.45, 2.75) is 58.5 Å². The molecule has 3 rings (SSSR count). The summed E-state index contributed by atoms with van der Waals surface area (Å²) in [4.78, 5) is 29.2. The number of carbonyl (C=O) groups excluding carboxylic acids is 2. The Kier molecular flexibility index (Phi) is 11.6. The second kappa shape index (κ2) is 14.9. The number of hydrogen-bond donors (Lipinski definition) is 1. The first-order chi connectivity index (χ1) is 20.4. The van der Waals surface area contributed by atoms with Crippen molar-refractivity contribution in [3.8, 4) is 11.5 Å². The molecule has 0 saturated carbocycles. The van der Waals surface area contributed by atoms with Crippen molar-refractivity contribution in [3.63, 3.8) is 0 Å². The third-order valence-electron chi connectivity index (χ3n) is 7.09. The lowest BCUT2D eigenvalue weighted by atomic mass is 10.1. The van der Waals surface area contributed by atoms with Gasteiger partial charge in [-0.25, -0.2) is 8.42 Å². The van der Waals surface area contributed by atoms with Crippen molar-refractivity contribution in [3.05, 3.63) is 83.4 Å². The van der Waals surface area contributed by atoms with Crippen LogP contribution in [0.1, 0.15) is 43.9 Å². The topological polar surface area (TPSA) is 105 Å². The van der Waals surface area contributed by atoms with Crippen LogP contribution in [0.25, 0.3) is 0 Å². The fraction of sp³-hybridized carbons (Fsp3) is 0.394. The van der Waals surface area contributed by atoms with E-state index in [1.165, 1.54) is 37.3 Å². The summed E-state index contributed by atoms with van der Waals surface area (Å²) in [5, 5.41) is 2.94. The molecule has 9 nitrogen and oxygen atoms in total. The molecule has 2 amide bonds. The Balaban J connectivity index is 2.13. The Morgan fingerprint density at radius 2 is 1.49 bits per heavy atom. The van der Waals surface area contributed by atoms with Crippen molar-refractivity contribution < 1.29 is 27.5 Å². The SMILES string of the molecule is CCC(C(=O)NCC(C)C)N(Cc1ccc(C)cc1)C(=O)CN(c1cc(OC)ccc1OC)S(=O)(=O)c1ccc(C)cc1. The van der Waals surface area contributed by atoms with Crippen LogP contribution in [0.3, 0.4) is 0 Å². The maximum atomic E-state index is 14.3. The number of carbonyl (C=O) groups is 2. The molecule has 43 heavy (non-hydrogen) atoms. The van der Waals surface area contributed by atoms with Gasteiger partial charge in [-0.2, -0.15) is 0 Å². The average Bonchev–Trinajstić information content (AvgIpc) is 2.99. The molecule has 1 unspecified atom stereocenters. The van der Waals surface area contributed by atoms with Crippen LogP contribution in [0.5, 0.6) is 11.5 Å². The van der Waals surface area contributed by atoms with E-state index in [0.717, 1.165) is 21.0 Å². The highest BCUT2D eigenvalue weighted by Crippen LogP contribution is 2.36. The molecule has 1 atom stereocenters. The molecule has 3 aromatic rings. The van der Waals surface area contributed by atoms with Crippen LogP contribution in [0.15, 0.2) is 71.6 Å². The van der Waals surface area contributed by atoms with Gasteiger partial charge in [0.15, 0.2) is 0 Å². The van der Waals surface area contributed by atoms with Crippen molar-refractivity contribution in [1.82, 2.24) is 10.2 Å². The van der Waals surface area contributed by atoms with Gasteiger partial charge in [0, 0.05) is 19.2 Å². The molecule has 0 radical (unpaired) electrons. The molecule has 0 aliphatic carbocycles. The zero-order chi connectivity index (χ0) is 31.7. The minimum atomic E-state index is -4.26. The van der Waals surface area contributed by atoms with Gasteiger partial charge in [-0.05, 0) is 56.0 Å². The highest BCUT2D eigenvalue weighted by Gasteiger charge is 2.35. The van der Waals surface area contributed by atoms with Gasteiger partial charge in [0.2, 0.25) is 11.8 Å². The second-order valence-electron chi connectivity index (χ2n) is 10.9. The number of aryl methyl sites for hydroxylation is 2. The summed E-state index contributed by atoms with van der Waals surface area (Å²) in [5.41, 5.74) is 2.91. The van der Waals surface area contributed by atoms with E-state index < -0.39 is 28.5 Å². The van der Waals surface area contributed by atoms with E-state index in [4.69, 9.17) is 9.47 Å². The van der Waals surface area contributed by atoms with E-state index in [1.807, 2.05) is 58.9 Å². The maximum absolute atomic E-state index is 14.3. The monoisotopic (exact) mass is 609 g/mol. The number of amides is 2. The lowest BCUT2D eigenvalue weighted by Gasteiger charge is -2.33. The van der Waals surface area contributed by atoms with Crippen molar-refractivity contribution >= 4 is 27.5 Å². The van der Waals surface area contributed by atoms with Gasteiger partial charge < -0.3 is 19.7 Å². The number of sulfonamides is 1.